The number of sulfone groups is 1. The fraction of sp³-hybridized carbons (Fsp3) is 0.417. The Bertz CT molecular complexity index is 627. The first-order valence-corrected chi connectivity index (χ1v) is 7.28. The van der Waals surface area contributed by atoms with E-state index in [1.807, 2.05) is 0 Å². The number of hydrogen-bond acceptors (Lipinski definition) is 4. The second kappa shape index (κ2) is 5.92. The number of likely N-dealkylation sites (N-methyl/N-ethyl adjacent to an activating group) is 2. The topological polar surface area (TPSA) is 57.7 Å². The highest BCUT2D eigenvalue weighted by atomic mass is 32.2. The molecule has 1 aromatic rings. The van der Waals surface area contributed by atoms with E-state index in [1.54, 1.807) is 0 Å². The molecule has 0 N–H and O–H groups in total. The molecule has 0 bridgehead atoms. The zero-order valence-corrected chi connectivity index (χ0v) is 12.5. The molecule has 1 rings (SSSR count). The molecule has 0 saturated heterocycles. The summed E-state index contributed by atoms with van der Waals surface area (Å²) < 4.78 is 61.1. The molecule has 0 spiro atoms. The Hall–Kier alpha value is -1.77. The van der Waals surface area contributed by atoms with Gasteiger partial charge in [-0.25, -0.2) is 8.42 Å². The van der Waals surface area contributed by atoms with E-state index >= 15 is 0 Å². The van der Waals surface area contributed by atoms with Crippen LogP contribution in [0.4, 0.5) is 18.9 Å². The molecular weight excluding hydrogens is 309 g/mol. The van der Waals surface area contributed by atoms with Crippen LogP contribution < -0.4 is 4.90 Å². The summed E-state index contributed by atoms with van der Waals surface area (Å²) in [6, 6.07) is 4.70. The van der Waals surface area contributed by atoms with Gasteiger partial charge in [-0.3, -0.25) is 4.79 Å². The van der Waals surface area contributed by atoms with Gasteiger partial charge in [-0.1, -0.05) is 12.1 Å². The van der Waals surface area contributed by atoms with Crippen LogP contribution in [0.3, 0.4) is 0 Å². The van der Waals surface area contributed by atoms with Crippen LogP contribution in [-0.4, -0.2) is 52.4 Å². The maximum absolute atomic E-state index is 12.7. The van der Waals surface area contributed by atoms with Crippen LogP contribution in [0.15, 0.2) is 29.2 Å². The minimum Gasteiger partial charge on any atom is -0.364 e. The molecule has 0 aliphatic heterocycles. The molecule has 0 fully saturated rings. The van der Waals surface area contributed by atoms with E-state index in [4.69, 9.17) is 0 Å². The van der Waals surface area contributed by atoms with E-state index in [1.165, 1.54) is 49.1 Å². The molecule has 21 heavy (non-hydrogen) atoms. The normalized spacial score (nSPS) is 12.1. The zero-order valence-electron chi connectivity index (χ0n) is 11.7. The van der Waals surface area contributed by atoms with Gasteiger partial charge in [-0.15, -0.1) is 0 Å². The van der Waals surface area contributed by atoms with Gasteiger partial charge < -0.3 is 9.80 Å². The minimum atomic E-state index is -5.47. The zero-order chi connectivity index (χ0) is 16.4. The number of halogens is 3. The summed E-state index contributed by atoms with van der Waals surface area (Å²) >= 11 is 0. The first-order valence-electron chi connectivity index (χ1n) is 5.80. The monoisotopic (exact) mass is 324 g/mol. The van der Waals surface area contributed by atoms with Gasteiger partial charge in [0.15, 0.2) is 0 Å². The van der Waals surface area contributed by atoms with Crippen molar-refractivity contribution in [2.45, 2.75) is 10.4 Å². The van der Waals surface area contributed by atoms with E-state index in [0.717, 1.165) is 6.07 Å². The van der Waals surface area contributed by atoms with Gasteiger partial charge >= 0.3 is 5.51 Å². The smallest absolute Gasteiger partial charge is 0.364 e. The SMILES string of the molecule is CN(C)C(=O)CN(C)c1ccccc1S(=O)(=O)C(F)(F)F. The number of hydrogen-bond donors (Lipinski definition) is 0. The highest BCUT2D eigenvalue weighted by Crippen LogP contribution is 2.35. The van der Waals surface area contributed by atoms with Crippen LogP contribution in [0.2, 0.25) is 0 Å². The molecule has 118 valence electrons. The third kappa shape index (κ3) is 3.66. The number of alkyl halides is 3. The van der Waals surface area contributed by atoms with Crippen molar-refractivity contribution in [3.05, 3.63) is 24.3 Å². The molecule has 0 aliphatic carbocycles. The number of benzene rings is 1. The predicted molar refractivity (Wildman–Crippen MR) is 71.6 cm³/mol. The highest BCUT2D eigenvalue weighted by Gasteiger charge is 2.48. The van der Waals surface area contributed by atoms with Gasteiger partial charge in [-0.2, -0.15) is 13.2 Å². The van der Waals surface area contributed by atoms with Crippen molar-refractivity contribution in [1.29, 1.82) is 0 Å². The maximum atomic E-state index is 12.7. The Labute approximate surface area is 120 Å². The number of para-hydroxylation sites is 1. The third-order valence-corrected chi connectivity index (χ3v) is 4.28. The van der Waals surface area contributed by atoms with Gasteiger partial charge in [0, 0.05) is 21.1 Å². The average molecular weight is 324 g/mol. The van der Waals surface area contributed by atoms with E-state index in [2.05, 4.69) is 0 Å². The van der Waals surface area contributed by atoms with Crippen LogP contribution in [-0.2, 0) is 14.6 Å². The van der Waals surface area contributed by atoms with Gasteiger partial charge in [0.1, 0.15) is 0 Å². The lowest BCUT2D eigenvalue weighted by molar-refractivity contribution is -0.127. The Morgan fingerprint density at radius 2 is 1.67 bits per heavy atom. The quantitative estimate of drug-likeness (QED) is 0.842. The highest BCUT2D eigenvalue weighted by molar-refractivity contribution is 7.92. The molecule has 0 heterocycles. The third-order valence-electron chi connectivity index (χ3n) is 2.74. The summed E-state index contributed by atoms with van der Waals surface area (Å²) in [4.78, 5) is 13.2. The lowest BCUT2D eigenvalue weighted by Gasteiger charge is -2.23. The van der Waals surface area contributed by atoms with E-state index in [0.29, 0.717) is 0 Å². The van der Waals surface area contributed by atoms with Crippen molar-refractivity contribution in [2.24, 2.45) is 0 Å². The van der Waals surface area contributed by atoms with Gasteiger partial charge in [0.2, 0.25) is 5.91 Å². The van der Waals surface area contributed by atoms with Crippen LogP contribution in [0.1, 0.15) is 0 Å². The van der Waals surface area contributed by atoms with Crippen molar-refractivity contribution < 1.29 is 26.4 Å². The van der Waals surface area contributed by atoms with Gasteiger partial charge in [-0.05, 0) is 12.1 Å². The van der Waals surface area contributed by atoms with Crippen molar-refractivity contribution in [2.75, 3.05) is 32.6 Å². The van der Waals surface area contributed by atoms with Crippen molar-refractivity contribution >= 4 is 21.4 Å². The van der Waals surface area contributed by atoms with Crippen LogP contribution in [0.25, 0.3) is 0 Å². The molecule has 0 atom stereocenters. The Balaban J connectivity index is 3.26. The van der Waals surface area contributed by atoms with E-state index in [-0.39, 0.29) is 18.1 Å². The first-order chi connectivity index (χ1) is 9.48. The van der Waals surface area contributed by atoms with Gasteiger partial charge in [0.25, 0.3) is 9.84 Å². The average Bonchev–Trinajstić information content (AvgIpc) is 2.37. The molecule has 1 aromatic carbocycles. The molecule has 1 amide bonds. The van der Waals surface area contributed by atoms with E-state index < -0.39 is 20.2 Å². The first kappa shape index (κ1) is 17.3. The molecule has 0 unspecified atom stereocenters. The maximum Gasteiger partial charge on any atom is 0.501 e. The number of nitrogens with zero attached hydrogens (tertiary/aromatic N) is 2. The molecule has 0 saturated carbocycles. The molecule has 0 aliphatic rings. The summed E-state index contributed by atoms with van der Waals surface area (Å²) in [5, 5.41) is 0. The molecular formula is C12H15F3N2O3S. The molecule has 9 heteroatoms. The van der Waals surface area contributed by atoms with Crippen molar-refractivity contribution in [3.63, 3.8) is 0 Å². The predicted octanol–water partition coefficient (Wildman–Crippen LogP) is 1.50. The lowest BCUT2D eigenvalue weighted by Crippen LogP contribution is -2.35. The van der Waals surface area contributed by atoms with Gasteiger partial charge in [0.05, 0.1) is 17.1 Å². The fourth-order valence-corrected chi connectivity index (χ4v) is 2.56. The van der Waals surface area contributed by atoms with E-state index in [9.17, 15) is 26.4 Å². The summed E-state index contributed by atoms with van der Waals surface area (Å²) in [5.74, 6) is -0.364. The number of carbonyl (C=O) groups is 1. The Morgan fingerprint density at radius 1 is 1.14 bits per heavy atom. The lowest BCUT2D eigenvalue weighted by atomic mass is 10.3. The molecule has 0 radical (unpaired) electrons. The fourth-order valence-electron chi connectivity index (χ4n) is 1.55. The Morgan fingerprint density at radius 3 is 2.14 bits per heavy atom. The number of anilines is 1. The van der Waals surface area contributed by atoms with Crippen LogP contribution in [0, 0.1) is 0 Å². The molecule has 0 aromatic heterocycles. The summed E-state index contributed by atoms with van der Waals surface area (Å²) in [7, 11) is -1.13. The minimum absolute atomic E-state index is 0.176. The molecule has 5 nitrogen and oxygen atoms in total. The second-order valence-electron chi connectivity index (χ2n) is 4.56. The summed E-state index contributed by atoms with van der Waals surface area (Å²) in [6.07, 6.45) is 0. The number of carbonyl (C=O) groups excluding carboxylic acids is 1. The summed E-state index contributed by atoms with van der Waals surface area (Å²) in [6.45, 7) is -0.239. The Kier molecular flexibility index (Phi) is 4.87. The number of rotatable bonds is 4. The second-order valence-corrected chi connectivity index (χ2v) is 6.47. The van der Waals surface area contributed by atoms with Crippen LogP contribution in [0.5, 0.6) is 0 Å². The number of amides is 1. The van der Waals surface area contributed by atoms with Crippen LogP contribution >= 0.6 is 0 Å². The largest absolute Gasteiger partial charge is 0.501 e. The van der Waals surface area contributed by atoms with Crippen molar-refractivity contribution in [3.8, 4) is 0 Å². The summed E-state index contributed by atoms with van der Waals surface area (Å²) in [5.41, 5.74) is -5.57. The van der Waals surface area contributed by atoms with Crippen molar-refractivity contribution in [1.82, 2.24) is 4.90 Å². The standard InChI is InChI=1S/C12H15F3N2O3S/c1-16(2)11(18)8-17(3)9-6-4-5-7-10(9)21(19,20)12(13,14)15/h4-7H,8H2,1-3H3.